The van der Waals surface area contributed by atoms with Crippen molar-refractivity contribution < 1.29 is 19.2 Å². The largest absolute Gasteiger partial charge is 0.302 e. The van der Waals surface area contributed by atoms with E-state index in [4.69, 9.17) is 0 Å². The minimum absolute atomic E-state index is 0.199. The molecule has 0 radical (unpaired) electrons. The first kappa shape index (κ1) is 37.9. The normalized spacial score (nSPS) is 18.8. The van der Waals surface area contributed by atoms with Crippen LogP contribution in [0.25, 0.3) is 0 Å². The zero-order chi connectivity index (χ0) is 37.2. The van der Waals surface area contributed by atoms with Crippen molar-refractivity contribution >= 4 is 51.7 Å². The smallest absolute Gasteiger partial charge is 0.249 e. The van der Waals surface area contributed by atoms with E-state index >= 15 is 0 Å². The maximum atomic E-state index is 13.9. The van der Waals surface area contributed by atoms with Gasteiger partial charge in [-0.1, -0.05) is 120 Å². The molecule has 2 aliphatic heterocycles. The average molecular weight is 780 g/mol. The monoisotopic (exact) mass is 778 g/mol. The number of halogens is 1. The van der Waals surface area contributed by atoms with Crippen molar-refractivity contribution in [2.75, 3.05) is 10.0 Å². The lowest BCUT2D eigenvalue weighted by Gasteiger charge is -2.40. The number of aldehydes is 2. The molecule has 6 atom stereocenters. The molecule has 2 amide bonds. The molecule has 0 aliphatic carbocycles. The Hall–Kier alpha value is -4.84. The first-order chi connectivity index (χ1) is 25.9. The van der Waals surface area contributed by atoms with Crippen molar-refractivity contribution in [2.24, 2.45) is 17.8 Å². The minimum atomic E-state index is -1.07. The summed E-state index contributed by atoms with van der Waals surface area (Å²) in [5, 5.41) is 10.7. The van der Waals surface area contributed by atoms with Gasteiger partial charge in [0.15, 0.2) is 0 Å². The molecule has 4 N–H and O–H groups in total. The van der Waals surface area contributed by atoms with Crippen LogP contribution in [0, 0.1) is 17.8 Å². The quantitative estimate of drug-likeness (QED) is 0.0659. The van der Waals surface area contributed by atoms with Gasteiger partial charge in [-0.3, -0.25) is 41.1 Å². The molecule has 6 unspecified atom stereocenters. The molecule has 4 aromatic rings. The minimum Gasteiger partial charge on any atom is -0.302 e. The number of fused-ring (bicyclic) bond motifs is 2. The zero-order valence-electron chi connectivity index (χ0n) is 29.9. The third-order valence-electron chi connectivity index (χ3n) is 10.2. The van der Waals surface area contributed by atoms with Gasteiger partial charge in [-0.15, -0.1) is 0 Å². The van der Waals surface area contributed by atoms with Crippen LogP contribution in [-0.4, -0.2) is 41.5 Å². The summed E-state index contributed by atoms with van der Waals surface area (Å²) in [6, 6.07) is 36.1. The van der Waals surface area contributed by atoms with Gasteiger partial charge in [0, 0.05) is 17.9 Å². The molecule has 0 aromatic heterocycles. The standard InChI is InChI=1S/C42H47BrN6O4/c1-29(34(27-50)41(52)46-48-37-18-10-8-16-32(37)25-44-39(48)22-20-30-12-4-2-5-13-30)24-36(43)35(28-51)42(53)47-49-38-19-11-9-17-33(38)26-45-40(49)23-21-31-14-6-3-7-15-31/h2-19,27-29,34-36,39-40,44-45H,20-26H2,1H3,(H,46,52)(H,47,53). The number of nitrogens with one attached hydrogen (secondary N) is 4. The van der Waals surface area contributed by atoms with Crippen LogP contribution < -0.4 is 31.5 Å². The number of hydrogen-bond donors (Lipinski definition) is 4. The van der Waals surface area contributed by atoms with Crippen LogP contribution in [0.2, 0.25) is 0 Å². The first-order valence-electron chi connectivity index (χ1n) is 18.3. The molecule has 0 saturated carbocycles. The first-order valence-corrected chi connectivity index (χ1v) is 19.2. The highest BCUT2D eigenvalue weighted by Crippen LogP contribution is 2.30. The maximum Gasteiger partial charge on any atom is 0.249 e. The van der Waals surface area contributed by atoms with Gasteiger partial charge in [0.25, 0.3) is 0 Å². The Morgan fingerprint density at radius 1 is 0.679 bits per heavy atom. The van der Waals surface area contributed by atoms with Crippen LogP contribution in [0.5, 0.6) is 0 Å². The summed E-state index contributed by atoms with van der Waals surface area (Å²) in [4.78, 5) is 52.1. The number of para-hydroxylation sites is 2. The molecule has 0 spiro atoms. The number of carbonyl (C=O) groups is 4. The third kappa shape index (κ3) is 9.40. The Kier molecular flexibility index (Phi) is 13.1. The van der Waals surface area contributed by atoms with Crippen LogP contribution in [0.4, 0.5) is 11.4 Å². The van der Waals surface area contributed by atoms with Crippen LogP contribution >= 0.6 is 15.9 Å². The molecule has 53 heavy (non-hydrogen) atoms. The molecule has 0 fully saturated rings. The van der Waals surface area contributed by atoms with E-state index in [1.807, 2.05) is 94.9 Å². The van der Waals surface area contributed by atoms with Gasteiger partial charge in [0.05, 0.1) is 17.3 Å². The molecule has 10 nitrogen and oxygen atoms in total. The van der Waals surface area contributed by atoms with Crippen LogP contribution in [0.15, 0.2) is 109 Å². The Bertz CT molecular complexity index is 1710. The van der Waals surface area contributed by atoms with Gasteiger partial charge in [-0.05, 0) is 72.4 Å². The maximum absolute atomic E-state index is 13.9. The Morgan fingerprint density at radius 2 is 1.09 bits per heavy atom. The van der Waals surface area contributed by atoms with Gasteiger partial charge in [-0.25, -0.2) is 0 Å². The number of hydrazine groups is 2. The van der Waals surface area contributed by atoms with E-state index in [0.717, 1.165) is 48.2 Å². The molecular weight excluding hydrogens is 732 g/mol. The lowest BCUT2D eigenvalue weighted by molar-refractivity contribution is -0.131. The summed E-state index contributed by atoms with van der Waals surface area (Å²) in [5.74, 6) is -3.49. The lowest BCUT2D eigenvalue weighted by Crippen LogP contribution is -2.59. The van der Waals surface area contributed by atoms with Crippen molar-refractivity contribution in [3.8, 4) is 0 Å². The number of benzene rings is 4. The van der Waals surface area contributed by atoms with Gasteiger partial charge in [-0.2, -0.15) is 0 Å². The van der Waals surface area contributed by atoms with E-state index in [0.29, 0.717) is 25.7 Å². The van der Waals surface area contributed by atoms with Crippen molar-refractivity contribution in [3.05, 3.63) is 131 Å². The third-order valence-corrected chi connectivity index (χ3v) is 11.2. The number of nitrogens with zero attached hydrogens (tertiary/aromatic N) is 2. The number of rotatable bonds is 16. The highest BCUT2D eigenvalue weighted by molar-refractivity contribution is 9.09. The Balaban J connectivity index is 1.11. The predicted octanol–water partition coefficient (Wildman–Crippen LogP) is 5.61. The van der Waals surface area contributed by atoms with E-state index in [2.05, 4.69) is 61.7 Å². The summed E-state index contributed by atoms with van der Waals surface area (Å²) < 4.78 is 0. The lowest BCUT2D eigenvalue weighted by atomic mass is 9.87. The Labute approximate surface area is 319 Å². The van der Waals surface area contributed by atoms with E-state index in [1.165, 1.54) is 11.1 Å². The molecule has 6 rings (SSSR count). The topological polar surface area (TPSA) is 123 Å². The summed E-state index contributed by atoms with van der Waals surface area (Å²) in [7, 11) is 0. The summed E-state index contributed by atoms with van der Waals surface area (Å²) in [6.45, 7) is 3.11. The van der Waals surface area contributed by atoms with Gasteiger partial charge >= 0.3 is 0 Å². The summed E-state index contributed by atoms with van der Waals surface area (Å²) in [5.41, 5.74) is 12.3. The average Bonchev–Trinajstić information content (AvgIpc) is 3.18. The Morgan fingerprint density at radius 3 is 1.55 bits per heavy atom. The number of aryl methyl sites for hydroxylation is 2. The molecular formula is C42H47BrN6O4. The molecule has 0 bridgehead atoms. The number of hydrogen-bond acceptors (Lipinski definition) is 8. The van der Waals surface area contributed by atoms with Crippen LogP contribution in [-0.2, 0) is 45.1 Å². The van der Waals surface area contributed by atoms with Gasteiger partial charge in [0.1, 0.15) is 30.8 Å². The summed E-state index contributed by atoms with van der Waals surface area (Å²) >= 11 is 3.60. The fourth-order valence-corrected chi connectivity index (χ4v) is 8.15. The summed E-state index contributed by atoms with van der Waals surface area (Å²) in [6.07, 6.45) is 4.16. The fourth-order valence-electron chi connectivity index (χ4n) is 7.20. The van der Waals surface area contributed by atoms with Gasteiger partial charge < -0.3 is 9.59 Å². The van der Waals surface area contributed by atoms with Crippen molar-refractivity contribution in [1.82, 2.24) is 21.5 Å². The highest BCUT2D eigenvalue weighted by atomic mass is 79.9. The van der Waals surface area contributed by atoms with Crippen LogP contribution in [0.3, 0.4) is 0 Å². The van der Waals surface area contributed by atoms with Crippen molar-refractivity contribution in [2.45, 2.75) is 69.3 Å². The van der Waals surface area contributed by atoms with E-state index in [1.54, 1.807) is 6.92 Å². The number of anilines is 2. The molecule has 2 heterocycles. The molecule has 2 aliphatic rings. The highest BCUT2D eigenvalue weighted by Gasteiger charge is 2.36. The number of carbonyl (C=O) groups excluding carboxylic acids is 4. The second-order valence-corrected chi connectivity index (χ2v) is 15.0. The van der Waals surface area contributed by atoms with E-state index in [-0.39, 0.29) is 18.8 Å². The van der Waals surface area contributed by atoms with E-state index in [9.17, 15) is 19.2 Å². The van der Waals surface area contributed by atoms with E-state index < -0.39 is 34.4 Å². The van der Waals surface area contributed by atoms with Crippen molar-refractivity contribution in [1.29, 1.82) is 0 Å². The zero-order valence-corrected chi connectivity index (χ0v) is 31.5. The molecule has 0 saturated heterocycles. The predicted molar refractivity (Wildman–Crippen MR) is 211 cm³/mol. The fraction of sp³-hybridized carbons (Fsp3) is 0.333. The SMILES string of the molecule is CC(CC(Br)C(C=O)C(=O)NN1c2ccccc2CNC1CCc1ccccc1)C(C=O)C(=O)NN1c2ccccc2CNC1CCc1ccccc1. The number of alkyl halides is 1. The second kappa shape index (κ2) is 18.3. The second-order valence-electron chi connectivity index (χ2n) is 13.8. The van der Waals surface area contributed by atoms with Gasteiger partial charge in [0.2, 0.25) is 11.8 Å². The molecule has 11 heteroatoms. The molecule has 4 aromatic carbocycles. The number of amides is 2. The molecule has 276 valence electrons. The van der Waals surface area contributed by atoms with Crippen LogP contribution in [0.1, 0.15) is 48.4 Å². The van der Waals surface area contributed by atoms with Crippen molar-refractivity contribution in [3.63, 3.8) is 0 Å².